The van der Waals surface area contributed by atoms with Crippen molar-refractivity contribution in [2.45, 2.75) is 11.4 Å². The van der Waals surface area contributed by atoms with E-state index in [1.165, 1.54) is 42.6 Å². The molecule has 0 fully saturated rings. The summed E-state index contributed by atoms with van der Waals surface area (Å²) in [4.78, 5) is 20.1. The van der Waals surface area contributed by atoms with E-state index in [-0.39, 0.29) is 23.1 Å². The first-order chi connectivity index (χ1) is 14.3. The predicted octanol–water partition coefficient (Wildman–Crippen LogP) is 3.75. The number of aromatic amines is 1. The van der Waals surface area contributed by atoms with Crippen LogP contribution in [0.3, 0.4) is 0 Å². The molecule has 0 amide bonds. The Bertz CT molecular complexity index is 1380. The van der Waals surface area contributed by atoms with Crippen molar-refractivity contribution >= 4 is 31.6 Å². The van der Waals surface area contributed by atoms with E-state index in [1.54, 1.807) is 17.5 Å². The lowest BCUT2D eigenvalue weighted by molar-refractivity contribution is 0.456. The lowest BCUT2D eigenvalue weighted by Gasteiger charge is -2.16. The molecule has 4 aromatic rings. The van der Waals surface area contributed by atoms with Crippen molar-refractivity contribution in [3.8, 4) is 11.1 Å². The Balaban J connectivity index is 1.66. The number of halogens is 2. The summed E-state index contributed by atoms with van der Waals surface area (Å²) < 4.78 is 52.6. The topological polar surface area (TPSA) is 83.1 Å². The van der Waals surface area contributed by atoms with Gasteiger partial charge in [0.1, 0.15) is 22.3 Å². The molecule has 6 nitrogen and oxygen atoms in total. The SMILES string of the molecule is CN(Cc1nc2scc(-c3ccc(F)cc3)c2c(=O)[nH]1)S(=O)(=O)c1ccc(F)cc1. The summed E-state index contributed by atoms with van der Waals surface area (Å²) in [5.74, 6) is -0.742. The molecule has 0 atom stereocenters. The molecule has 2 aromatic carbocycles. The smallest absolute Gasteiger partial charge is 0.260 e. The second kappa shape index (κ2) is 7.71. The second-order valence-corrected chi connectivity index (χ2v) is 9.47. The number of thiophene rings is 1. The molecular weight excluding hydrogens is 432 g/mol. The molecule has 0 aliphatic carbocycles. The average Bonchev–Trinajstić information content (AvgIpc) is 3.13. The zero-order chi connectivity index (χ0) is 21.5. The van der Waals surface area contributed by atoms with Crippen molar-refractivity contribution in [3.05, 3.63) is 81.7 Å². The van der Waals surface area contributed by atoms with Crippen LogP contribution < -0.4 is 5.56 Å². The summed E-state index contributed by atoms with van der Waals surface area (Å²) in [5.41, 5.74) is 0.893. The van der Waals surface area contributed by atoms with E-state index in [0.29, 0.717) is 21.3 Å². The van der Waals surface area contributed by atoms with Gasteiger partial charge < -0.3 is 4.98 Å². The molecule has 154 valence electrons. The molecular formula is C20H15F2N3O3S2. The largest absolute Gasteiger partial charge is 0.309 e. The van der Waals surface area contributed by atoms with Crippen molar-refractivity contribution in [2.24, 2.45) is 0 Å². The average molecular weight is 447 g/mol. The molecule has 0 radical (unpaired) electrons. The third kappa shape index (κ3) is 3.76. The molecule has 0 spiro atoms. The summed E-state index contributed by atoms with van der Waals surface area (Å²) in [6, 6.07) is 10.3. The van der Waals surface area contributed by atoms with E-state index in [0.717, 1.165) is 16.4 Å². The highest BCUT2D eigenvalue weighted by Crippen LogP contribution is 2.31. The summed E-state index contributed by atoms with van der Waals surface area (Å²) >= 11 is 1.24. The Hall–Kier alpha value is -2.95. The molecule has 1 N–H and O–H groups in total. The summed E-state index contributed by atoms with van der Waals surface area (Å²) in [6.07, 6.45) is 0. The van der Waals surface area contributed by atoms with Gasteiger partial charge in [-0.05, 0) is 42.0 Å². The fraction of sp³-hybridized carbons (Fsp3) is 0.100. The molecule has 2 heterocycles. The maximum Gasteiger partial charge on any atom is 0.260 e. The van der Waals surface area contributed by atoms with Crippen LogP contribution in [0.15, 0.2) is 63.6 Å². The number of hydrogen-bond acceptors (Lipinski definition) is 5. The molecule has 2 aromatic heterocycles. The van der Waals surface area contributed by atoms with Crippen LogP contribution in [0.5, 0.6) is 0 Å². The van der Waals surface area contributed by atoms with Gasteiger partial charge in [-0.15, -0.1) is 11.3 Å². The van der Waals surface area contributed by atoms with Gasteiger partial charge in [0.2, 0.25) is 10.0 Å². The minimum Gasteiger partial charge on any atom is -0.309 e. The number of nitrogens with zero attached hydrogens (tertiary/aromatic N) is 2. The monoisotopic (exact) mass is 447 g/mol. The van der Waals surface area contributed by atoms with Gasteiger partial charge in [0.05, 0.1) is 16.8 Å². The number of rotatable bonds is 5. The maximum atomic E-state index is 13.2. The van der Waals surface area contributed by atoms with Crippen molar-refractivity contribution in [1.82, 2.24) is 14.3 Å². The van der Waals surface area contributed by atoms with Crippen LogP contribution in [0, 0.1) is 11.6 Å². The highest BCUT2D eigenvalue weighted by Gasteiger charge is 2.22. The van der Waals surface area contributed by atoms with Gasteiger partial charge in [-0.2, -0.15) is 4.31 Å². The fourth-order valence-electron chi connectivity index (χ4n) is 2.99. The van der Waals surface area contributed by atoms with Crippen LogP contribution >= 0.6 is 11.3 Å². The predicted molar refractivity (Wildman–Crippen MR) is 111 cm³/mol. The van der Waals surface area contributed by atoms with Gasteiger partial charge in [0.25, 0.3) is 5.56 Å². The summed E-state index contributed by atoms with van der Waals surface area (Å²) in [5, 5.41) is 2.11. The Kier molecular flexibility index (Phi) is 5.22. The van der Waals surface area contributed by atoms with Gasteiger partial charge in [-0.3, -0.25) is 4.79 Å². The number of nitrogens with one attached hydrogen (secondary N) is 1. The number of hydrogen-bond donors (Lipinski definition) is 1. The Morgan fingerprint density at radius 2 is 1.63 bits per heavy atom. The van der Waals surface area contributed by atoms with E-state index in [2.05, 4.69) is 9.97 Å². The first-order valence-electron chi connectivity index (χ1n) is 8.74. The third-order valence-corrected chi connectivity index (χ3v) is 7.23. The molecule has 0 saturated carbocycles. The van der Waals surface area contributed by atoms with Gasteiger partial charge >= 0.3 is 0 Å². The van der Waals surface area contributed by atoms with Gasteiger partial charge in [-0.1, -0.05) is 12.1 Å². The first kappa shape index (κ1) is 20.3. The zero-order valence-corrected chi connectivity index (χ0v) is 17.2. The number of H-pyrrole nitrogens is 1. The fourth-order valence-corrected chi connectivity index (χ4v) is 5.09. The van der Waals surface area contributed by atoms with E-state index in [1.807, 2.05) is 0 Å². The van der Waals surface area contributed by atoms with Gasteiger partial charge in [0.15, 0.2) is 0 Å². The van der Waals surface area contributed by atoms with Crippen LogP contribution in [0.1, 0.15) is 5.82 Å². The number of aromatic nitrogens is 2. The molecule has 0 unspecified atom stereocenters. The Morgan fingerprint density at radius 1 is 1.03 bits per heavy atom. The molecule has 30 heavy (non-hydrogen) atoms. The minimum atomic E-state index is -3.89. The number of benzene rings is 2. The summed E-state index contributed by atoms with van der Waals surface area (Å²) in [6.45, 7) is -0.172. The first-order valence-corrected chi connectivity index (χ1v) is 11.1. The normalized spacial score (nSPS) is 12.0. The minimum absolute atomic E-state index is 0.0652. The standard InChI is InChI=1S/C20H15F2N3O3S2/c1-25(30(27,28)15-8-6-14(22)7-9-15)10-17-23-19(26)18-16(11-29-20(18)24-17)12-2-4-13(21)5-3-12/h2-9,11H,10H2,1H3,(H,23,24,26). The molecule has 0 saturated heterocycles. The van der Waals surface area contributed by atoms with E-state index in [4.69, 9.17) is 0 Å². The second-order valence-electron chi connectivity index (χ2n) is 6.56. The van der Waals surface area contributed by atoms with Crippen LogP contribution in [0.4, 0.5) is 8.78 Å². The maximum absolute atomic E-state index is 13.2. The van der Waals surface area contributed by atoms with E-state index < -0.39 is 21.4 Å². The van der Waals surface area contributed by atoms with Crippen molar-refractivity contribution in [3.63, 3.8) is 0 Å². The van der Waals surface area contributed by atoms with Crippen molar-refractivity contribution in [1.29, 1.82) is 0 Å². The van der Waals surface area contributed by atoms with Crippen molar-refractivity contribution < 1.29 is 17.2 Å². The molecule has 0 aliphatic heterocycles. The summed E-state index contributed by atoms with van der Waals surface area (Å²) in [7, 11) is -2.54. The Morgan fingerprint density at radius 3 is 2.27 bits per heavy atom. The van der Waals surface area contributed by atoms with Crippen LogP contribution in [-0.4, -0.2) is 29.7 Å². The number of fused-ring (bicyclic) bond motifs is 1. The van der Waals surface area contributed by atoms with Crippen molar-refractivity contribution in [2.75, 3.05) is 7.05 Å². The lowest BCUT2D eigenvalue weighted by atomic mass is 10.1. The quantitative estimate of drug-likeness (QED) is 0.505. The van der Waals surface area contributed by atoms with Crippen LogP contribution in [-0.2, 0) is 16.6 Å². The molecule has 0 aliphatic rings. The zero-order valence-electron chi connectivity index (χ0n) is 15.6. The van der Waals surface area contributed by atoms with Gasteiger partial charge in [-0.25, -0.2) is 22.2 Å². The molecule has 10 heteroatoms. The third-order valence-electron chi connectivity index (χ3n) is 4.54. The van der Waals surface area contributed by atoms with E-state index >= 15 is 0 Å². The van der Waals surface area contributed by atoms with E-state index in [9.17, 15) is 22.0 Å². The van der Waals surface area contributed by atoms with Gasteiger partial charge in [0, 0.05) is 18.0 Å². The highest BCUT2D eigenvalue weighted by molar-refractivity contribution is 7.89. The van der Waals surface area contributed by atoms with Crippen LogP contribution in [0.25, 0.3) is 21.3 Å². The lowest BCUT2D eigenvalue weighted by Crippen LogP contribution is -2.28. The molecule has 0 bridgehead atoms. The number of sulfonamides is 1. The Labute approximate surface area is 174 Å². The highest BCUT2D eigenvalue weighted by atomic mass is 32.2. The molecule has 4 rings (SSSR count). The van der Waals surface area contributed by atoms with Crippen LogP contribution in [0.2, 0.25) is 0 Å².